The van der Waals surface area contributed by atoms with Crippen molar-refractivity contribution >= 4 is 33.3 Å². The molecule has 2 nitrogen and oxygen atoms in total. The number of benzene rings is 1. The first-order valence-corrected chi connectivity index (χ1v) is 5.84. The molecule has 0 bridgehead atoms. The van der Waals surface area contributed by atoms with E-state index in [1.165, 1.54) is 0 Å². The maximum Gasteiger partial charge on any atom is 0.162 e. The summed E-state index contributed by atoms with van der Waals surface area (Å²) in [5.41, 5.74) is 0.838. The number of halogens is 2. The minimum atomic E-state index is 0.0427. The third kappa shape index (κ3) is 4.33. The molecule has 0 unspecified atom stereocenters. The molecule has 0 heterocycles. The second-order valence-corrected chi connectivity index (χ2v) is 4.41. The molecule has 0 amide bonds. The van der Waals surface area contributed by atoms with Gasteiger partial charge in [-0.15, -0.1) is 0 Å². The van der Waals surface area contributed by atoms with Gasteiger partial charge in [0.15, 0.2) is 5.78 Å². The Balaban J connectivity index is 2.60. The highest BCUT2D eigenvalue weighted by Gasteiger charge is 2.07. The summed E-state index contributed by atoms with van der Waals surface area (Å²) in [6, 6.07) is 5.50. The van der Waals surface area contributed by atoms with Gasteiger partial charge in [0.05, 0.1) is 0 Å². The quantitative estimate of drug-likeness (QED) is 0.832. The summed E-state index contributed by atoms with van der Waals surface area (Å²) < 4.78 is 5.94. The Hall–Kier alpha value is -0.380. The first-order valence-electron chi connectivity index (χ1n) is 4.67. The molecule has 0 saturated heterocycles. The topological polar surface area (TPSA) is 26.3 Å². The lowest BCUT2D eigenvalue weighted by Crippen LogP contribution is -2.11. The van der Waals surface area contributed by atoms with E-state index in [0.29, 0.717) is 18.1 Å². The Labute approximate surface area is 103 Å². The maximum absolute atomic E-state index is 11.4. The summed E-state index contributed by atoms with van der Waals surface area (Å²) in [5.74, 6) is 0.0427. The van der Waals surface area contributed by atoms with Crippen LogP contribution in [-0.2, 0) is 16.0 Å². The predicted octanol–water partition coefficient (Wildman–Crippen LogP) is 3.25. The van der Waals surface area contributed by atoms with Gasteiger partial charge < -0.3 is 4.74 Å². The average Bonchev–Trinajstić information content (AvgIpc) is 2.19. The van der Waals surface area contributed by atoms with Crippen LogP contribution >= 0.6 is 27.5 Å². The van der Waals surface area contributed by atoms with Gasteiger partial charge in [-0.25, -0.2) is 0 Å². The van der Waals surface area contributed by atoms with E-state index in [1.54, 1.807) is 6.07 Å². The van der Waals surface area contributed by atoms with E-state index >= 15 is 0 Å². The van der Waals surface area contributed by atoms with Crippen molar-refractivity contribution in [2.75, 3.05) is 13.2 Å². The van der Waals surface area contributed by atoms with Crippen LogP contribution in [0.4, 0.5) is 0 Å². The second-order valence-electron chi connectivity index (χ2n) is 3.09. The highest BCUT2D eigenvalue weighted by Crippen LogP contribution is 2.21. The summed E-state index contributed by atoms with van der Waals surface area (Å²) in [6.45, 7) is 2.57. The largest absolute Gasteiger partial charge is 0.374 e. The fourth-order valence-electron chi connectivity index (χ4n) is 1.14. The van der Waals surface area contributed by atoms with Gasteiger partial charge in [0.1, 0.15) is 6.61 Å². The van der Waals surface area contributed by atoms with Gasteiger partial charge in [-0.05, 0) is 24.6 Å². The molecule has 0 fully saturated rings. The van der Waals surface area contributed by atoms with Gasteiger partial charge in [-0.1, -0.05) is 33.6 Å². The molecule has 0 radical (unpaired) electrons. The third-order valence-corrected chi connectivity index (χ3v) is 2.72. The Bertz CT molecular complexity index is 352. The molecule has 0 aliphatic heterocycles. The van der Waals surface area contributed by atoms with Gasteiger partial charge in [0.25, 0.3) is 0 Å². The second kappa shape index (κ2) is 6.26. The number of hydrogen-bond donors (Lipinski definition) is 0. The summed E-state index contributed by atoms with van der Waals surface area (Å²) in [6.07, 6.45) is 0.326. The number of ketones is 1. The lowest BCUT2D eigenvalue weighted by molar-refractivity contribution is -0.122. The fraction of sp³-hybridized carbons (Fsp3) is 0.364. The Kier molecular flexibility index (Phi) is 5.29. The molecule has 1 aromatic rings. The predicted molar refractivity (Wildman–Crippen MR) is 64.4 cm³/mol. The number of hydrogen-bond acceptors (Lipinski definition) is 2. The van der Waals surface area contributed by atoms with Crippen molar-refractivity contribution in [3.8, 4) is 0 Å². The van der Waals surface area contributed by atoms with Crippen LogP contribution in [0.2, 0.25) is 5.02 Å². The number of carbonyl (C=O) groups excluding carboxylic acids is 1. The van der Waals surface area contributed by atoms with Crippen LogP contribution in [0.15, 0.2) is 22.7 Å². The molecule has 82 valence electrons. The number of rotatable bonds is 5. The molecule has 0 aromatic heterocycles. The number of Topliss-reactive ketones (excluding diaryl/α,β-unsaturated/α-hetero) is 1. The molecule has 0 saturated carbocycles. The summed E-state index contributed by atoms with van der Waals surface area (Å²) >= 11 is 9.29. The van der Waals surface area contributed by atoms with Crippen LogP contribution in [0.25, 0.3) is 0 Å². The Morgan fingerprint density at radius 3 is 2.87 bits per heavy atom. The maximum atomic E-state index is 11.4. The van der Waals surface area contributed by atoms with Gasteiger partial charge >= 0.3 is 0 Å². The van der Waals surface area contributed by atoms with Crippen molar-refractivity contribution in [1.29, 1.82) is 0 Å². The van der Waals surface area contributed by atoms with Crippen LogP contribution in [0.3, 0.4) is 0 Å². The molecular weight excluding hydrogens is 279 g/mol. The van der Waals surface area contributed by atoms with Gasteiger partial charge in [-0.3, -0.25) is 4.79 Å². The van der Waals surface area contributed by atoms with Crippen molar-refractivity contribution in [2.24, 2.45) is 0 Å². The molecule has 1 rings (SSSR count). The van der Waals surface area contributed by atoms with Crippen LogP contribution in [0, 0.1) is 0 Å². The monoisotopic (exact) mass is 290 g/mol. The Morgan fingerprint density at radius 1 is 1.53 bits per heavy atom. The van der Waals surface area contributed by atoms with Crippen LogP contribution in [0.5, 0.6) is 0 Å². The molecule has 0 aliphatic carbocycles. The SMILES string of the molecule is CCOCC(=O)Cc1ccc(Br)cc1Cl. The summed E-state index contributed by atoms with van der Waals surface area (Å²) in [4.78, 5) is 11.4. The molecule has 4 heteroatoms. The van der Waals surface area contributed by atoms with Crippen molar-refractivity contribution in [3.05, 3.63) is 33.3 Å². The van der Waals surface area contributed by atoms with Gasteiger partial charge in [-0.2, -0.15) is 0 Å². The van der Waals surface area contributed by atoms with E-state index < -0.39 is 0 Å². The highest BCUT2D eigenvalue weighted by atomic mass is 79.9. The van der Waals surface area contributed by atoms with Crippen molar-refractivity contribution in [3.63, 3.8) is 0 Å². The zero-order valence-electron chi connectivity index (χ0n) is 8.43. The molecule has 0 aliphatic rings. The lowest BCUT2D eigenvalue weighted by Gasteiger charge is -2.04. The van der Waals surface area contributed by atoms with Crippen LogP contribution < -0.4 is 0 Å². The van der Waals surface area contributed by atoms with E-state index in [4.69, 9.17) is 16.3 Å². The minimum absolute atomic E-state index is 0.0427. The van der Waals surface area contributed by atoms with Crippen molar-refractivity contribution < 1.29 is 9.53 Å². The first kappa shape index (κ1) is 12.7. The molecule has 15 heavy (non-hydrogen) atoms. The third-order valence-electron chi connectivity index (χ3n) is 1.87. The van der Waals surface area contributed by atoms with Crippen LogP contribution in [0.1, 0.15) is 12.5 Å². The number of ether oxygens (including phenoxy) is 1. The van der Waals surface area contributed by atoms with Gasteiger partial charge in [0, 0.05) is 22.5 Å². The van der Waals surface area contributed by atoms with E-state index in [1.807, 2.05) is 19.1 Å². The van der Waals surface area contributed by atoms with E-state index in [-0.39, 0.29) is 12.4 Å². The number of carbonyl (C=O) groups is 1. The van der Waals surface area contributed by atoms with Crippen LogP contribution in [-0.4, -0.2) is 19.0 Å². The van der Waals surface area contributed by atoms with E-state index in [9.17, 15) is 4.79 Å². The standard InChI is InChI=1S/C11H12BrClO2/c1-2-15-7-10(14)5-8-3-4-9(12)6-11(8)13/h3-4,6H,2,5,7H2,1H3. The van der Waals surface area contributed by atoms with Crippen molar-refractivity contribution in [1.82, 2.24) is 0 Å². The van der Waals surface area contributed by atoms with E-state index in [0.717, 1.165) is 10.0 Å². The first-order chi connectivity index (χ1) is 7.13. The molecule has 0 N–H and O–H groups in total. The summed E-state index contributed by atoms with van der Waals surface area (Å²) in [7, 11) is 0. The molecular formula is C11H12BrClO2. The fourth-order valence-corrected chi connectivity index (χ4v) is 1.88. The lowest BCUT2D eigenvalue weighted by atomic mass is 10.1. The molecule has 0 spiro atoms. The smallest absolute Gasteiger partial charge is 0.162 e. The minimum Gasteiger partial charge on any atom is -0.374 e. The average molecular weight is 292 g/mol. The zero-order chi connectivity index (χ0) is 11.3. The van der Waals surface area contributed by atoms with Crippen molar-refractivity contribution in [2.45, 2.75) is 13.3 Å². The zero-order valence-corrected chi connectivity index (χ0v) is 10.8. The normalized spacial score (nSPS) is 10.3. The highest BCUT2D eigenvalue weighted by molar-refractivity contribution is 9.10. The summed E-state index contributed by atoms with van der Waals surface area (Å²) in [5, 5.41) is 0.606. The van der Waals surface area contributed by atoms with E-state index in [2.05, 4.69) is 15.9 Å². The Morgan fingerprint density at radius 2 is 2.27 bits per heavy atom. The molecule has 0 atom stereocenters. The van der Waals surface area contributed by atoms with Gasteiger partial charge in [0.2, 0.25) is 0 Å². The molecule has 1 aromatic carbocycles.